The summed E-state index contributed by atoms with van der Waals surface area (Å²) in [7, 11) is 0. The number of benzene rings is 1. The first-order valence-electron chi connectivity index (χ1n) is 3.76. The van der Waals surface area contributed by atoms with Gasteiger partial charge in [0.05, 0.1) is 0 Å². The predicted molar refractivity (Wildman–Crippen MR) is 44.8 cm³/mol. The van der Waals surface area contributed by atoms with Crippen LogP contribution in [0.3, 0.4) is 0 Å². The van der Waals surface area contributed by atoms with Crippen LogP contribution in [-0.2, 0) is 4.84 Å². The minimum atomic E-state index is -0.264. The van der Waals surface area contributed by atoms with Gasteiger partial charge in [-0.2, -0.15) is 0 Å². The van der Waals surface area contributed by atoms with Gasteiger partial charge in [0.15, 0.2) is 0 Å². The van der Waals surface area contributed by atoms with Gasteiger partial charge in [0.2, 0.25) is 0 Å². The zero-order valence-corrected chi connectivity index (χ0v) is 7.17. The largest absolute Gasteiger partial charge is 0.297 e. The van der Waals surface area contributed by atoms with Crippen molar-refractivity contribution in [3.63, 3.8) is 0 Å². The molecular weight excluding hydrogens is 157 g/mol. The summed E-state index contributed by atoms with van der Waals surface area (Å²) in [5.74, 6) is 4.74. The molecule has 0 bridgehead atoms. The fraction of sp³-hybridized carbons (Fsp3) is 0.333. The van der Waals surface area contributed by atoms with Crippen molar-refractivity contribution in [2.75, 3.05) is 0 Å². The van der Waals surface area contributed by atoms with E-state index < -0.39 is 0 Å². The topological polar surface area (TPSA) is 35.2 Å². The maximum Gasteiger partial charge on any atom is 0.123 e. The van der Waals surface area contributed by atoms with Crippen LogP contribution in [0.15, 0.2) is 18.2 Å². The Morgan fingerprint density at radius 3 is 2.75 bits per heavy atom. The van der Waals surface area contributed by atoms with E-state index in [-0.39, 0.29) is 11.9 Å². The van der Waals surface area contributed by atoms with Crippen LogP contribution in [0.2, 0.25) is 0 Å². The third kappa shape index (κ3) is 1.81. The minimum absolute atomic E-state index is 0.263. The Kier molecular flexibility index (Phi) is 2.78. The molecule has 0 amide bonds. The zero-order chi connectivity index (χ0) is 9.14. The molecule has 1 unspecified atom stereocenters. The lowest BCUT2D eigenvalue weighted by Gasteiger charge is -2.11. The molecule has 1 atom stereocenters. The van der Waals surface area contributed by atoms with E-state index in [0.717, 1.165) is 11.1 Å². The molecule has 1 aromatic rings. The maximum atomic E-state index is 12.7. The fourth-order valence-electron chi connectivity index (χ4n) is 1.12. The summed E-state index contributed by atoms with van der Waals surface area (Å²) in [5.41, 5.74) is 1.77. The van der Waals surface area contributed by atoms with Crippen LogP contribution in [0.5, 0.6) is 0 Å². The maximum absolute atomic E-state index is 12.7. The lowest BCUT2D eigenvalue weighted by atomic mass is 10.0. The number of halogens is 1. The summed E-state index contributed by atoms with van der Waals surface area (Å²) >= 11 is 0. The second-order valence-electron chi connectivity index (χ2n) is 2.78. The van der Waals surface area contributed by atoms with Crippen LogP contribution in [0.4, 0.5) is 4.39 Å². The van der Waals surface area contributed by atoms with E-state index in [4.69, 9.17) is 5.90 Å². The third-order valence-electron chi connectivity index (χ3n) is 1.88. The molecule has 0 fully saturated rings. The number of nitrogens with two attached hydrogens (primary N) is 1. The first kappa shape index (κ1) is 9.16. The molecule has 2 N–H and O–H groups in total. The first-order chi connectivity index (χ1) is 5.65. The van der Waals surface area contributed by atoms with Crippen molar-refractivity contribution in [3.8, 4) is 0 Å². The average Bonchev–Trinajstić information content (AvgIpc) is 2.08. The molecule has 1 aromatic carbocycles. The lowest BCUT2D eigenvalue weighted by molar-refractivity contribution is 0.0658. The molecule has 0 radical (unpaired) electrons. The molecular formula is C9H12FNO. The Morgan fingerprint density at radius 2 is 2.17 bits per heavy atom. The van der Waals surface area contributed by atoms with Gasteiger partial charge >= 0.3 is 0 Å². The highest BCUT2D eigenvalue weighted by Gasteiger charge is 2.08. The molecule has 12 heavy (non-hydrogen) atoms. The van der Waals surface area contributed by atoms with Crippen LogP contribution in [0.25, 0.3) is 0 Å². The second-order valence-corrected chi connectivity index (χ2v) is 2.78. The summed E-state index contributed by atoms with van der Waals surface area (Å²) in [6, 6.07) is 4.56. The molecule has 66 valence electrons. The molecule has 0 saturated heterocycles. The van der Waals surface area contributed by atoms with Gasteiger partial charge in [0.1, 0.15) is 11.9 Å². The Morgan fingerprint density at radius 1 is 1.50 bits per heavy atom. The highest BCUT2D eigenvalue weighted by Crippen LogP contribution is 2.19. The third-order valence-corrected chi connectivity index (χ3v) is 1.88. The molecule has 3 heteroatoms. The fourth-order valence-corrected chi connectivity index (χ4v) is 1.12. The van der Waals surface area contributed by atoms with Crippen LogP contribution in [-0.4, -0.2) is 0 Å². The van der Waals surface area contributed by atoms with Gasteiger partial charge in [-0.1, -0.05) is 6.07 Å². The SMILES string of the molecule is Cc1ccc(F)cc1C(C)ON. The van der Waals surface area contributed by atoms with Gasteiger partial charge in [-0.3, -0.25) is 4.84 Å². The molecule has 0 aliphatic rings. The number of hydrogen-bond acceptors (Lipinski definition) is 2. The number of rotatable bonds is 2. The summed E-state index contributed by atoms with van der Waals surface area (Å²) in [6.07, 6.45) is -0.263. The molecule has 0 saturated carbocycles. The van der Waals surface area contributed by atoms with Crippen LogP contribution >= 0.6 is 0 Å². The van der Waals surface area contributed by atoms with Crippen molar-refractivity contribution in [2.45, 2.75) is 20.0 Å². The molecule has 0 aliphatic carbocycles. The van der Waals surface area contributed by atoms with E-state index in [1.807, 2.05) is 6.92 Å². The van der Waals surface area contributed by atoms with Crippen LogP contribution < -0.4 is 5.90 Å². The monoisotopic (exact) mass is 169 g/mol. The number of hydrogen-bond donors (Lipinski definition) is 1. The van der Waals surface area contributed by atoms with Crippen LogP contribution in [0, 0.1) is 12.7 Å². The first-order valence-corrected chi connectivity index (χ1v) is 3.76. The van der Waals surface area contributed by atoms with E-state index in [1.165, 1.54) is 12.1 Å². The summed E-state index contributed by atoms with van der Waals surface area (Å²) in [4.78, 5) is 4.61. The normalized spacial score (nSPS) is 13.0. The number of aryl methyl sites for hydroxylation is 1. The van der Waals surface area contributed by atoms with E-state index in [9.17, 15) is 4.39 Å². The quantitative estimate of drug-likeness (QED) is 0.688. The standard InChI is InChI=1S/C9H12FNO/c1-6-3-4-8(10)5-9(6)7(2)12-11/h3-5,7H,11H2,1-2H3. The molecule has 0 spiro atoms. The van der Waals surface area contributed by atoms with E-state index in [1.54, 1.807) is 13.0 Å². The Hall–Kier alpha value is -0.930. The van der Waals surface area contributed by atoms with Crippen molar-refractivity contribution in [3.05, 3.63) is 35.1 Å². The molecule has 0 aromatic heterocycles. The summed E-state index contributed by atoms with van der Waals surface area (Å²) in [5, 5.41) is 0. The van der Waals surface area contributed by atoms with Crippen molar-refractivity contribution in [2.24, 2.45) is 5.90 Å². The van der Waals surface area contributed by atoms with Crippen molar-refractivity contribution in [1.82, 2.24) is 0 Å². The Bertz CT molecular complexity index is 275. The van der Waals surface area contributed by atoms with Crippen molar-refractivity contribution >= 4 is 0 Å². The second kappa shape index (κ2) is 3.65. The van der Waals surface area contributed by atoms with Crippen molar-refractivity contribution in [1.29, 1.82) is 0 Å². The van der Waals surface area contributed by atoms with E-state index in [0.29, 0.717) is 0 Å². The summed E-state index contributed by atoms with van der Waals surface area (Å²) in [6.45, 7) is 3.67. The predicted octanol–water partition coefficient (Wildman–Crippen LogP) is 2.09. The van der Waals surface area contributed by atoms with Gasteiger partial charge in [-0.05, 0) is 37.1 Å². The van der Waals surface area contributed by atoms with E-state index >= 15 is 0 Å². The van der Waals surface area contributed by atoms with Crippen LogP contribution in [0.1, 0.15) is 24.2 Å². The van der Waals surface area contributed by atoms with Gasteiger partial charge in [0.25, 0.3) is 0 Å². The van der Waals surface area contributed by atoms with Gasteiger partial charge in [-0.15, -0.1) is 0 Å². The Labute approximate surface area is 71.1 Å². The van der Waals surface area contributed by atoms with Gasteiger partial charge in [-0.25, -0.2) is 10.3 Å². The zero-order valence-electron chi connectivity index (χ0n) is 7.17. The van der Waals surface area contributed by atoms with E-state index in [2.05, 4.69) is 4.84 Å². The Balaban J connectivity index is 3.04. The molecule has 0 aliphatic heterocycles. The average molecular weight is 169 g/mol. The smallest absolute Gasteiger partial charge is 0.123 e. The highest BCUT2D eigenvalue weighted by atomic mass is 19.1. The van der Waals surface area contributed by atoms with Gasteiger partial charge in [0, 0.05) is 0 Å². The highest BCUT2D eigenvalue weighted by molar-refractivity contribution is 5.28. The summed E-state index contributed by atoms with van der Waals surface area (Å²) < 4.78 is 12.7. The van der Waals surface area contributed by atoms with Gasteiger partial charge < -0.3 is 0 Å². The minimum Gasteiger partial charge on any atom is -0.297 e. The lowest BCUT2D eigenvalue weighted by Crippen LogP contribution is -2.07. The molecule has 2 nitrogen and oxygen atoms in total. The van der Waals surface area contributed by atoms with Crippen molar-refractivity contribution < 1.29 is 9.23 Å². The molecule has 0 heterocycles. The molecule has 1 rings (SSSR count).